The normalized spacial score (nSPS) is 21.3. The third-order valence-electron chi connectivity index (χ3n) is 2.64. The molecule has 0 aliphatic carbocycles. The van der Waals surface area contributed by atoms with Gasteiger partial charge in [0, 0.05) is 12.2 Å². The lowest BCUT2D eigenvalue weighted by atomic mass is 10.2. The molecular weight excluding hydrogens is 190 g/mol. The van der Waals surface area contributed by atoms with Gasteiger partial charge in [-0.3, -0.25) is 0 Å². The molecule has 0 spiro atoms. The summed E-state index contributed by atoms with van der Waals surface area (Å²) in [6, 6.07) is 8.29. The molecule has 3 heteroatoms. The van der Waals surface area contributed by atoms with E-state index >= 15 is 0 Å². The van der Waals surface area contributed by atoms with Crippen molar-refractivity contribution in [2.75, 3.05) is 25.3 Å². The second kappa shape index (κ2) is 5.14. The van der Waals surface area contributed by atoms with Crippen molar-refractivity contribution < 1.29 is 9.47 Å². The first-order chi connectivity index (χ1) is 7.36. The van der Waals surface area contributed by atoms with Crippen LogP contribution in [0.2, 0.25) is 0 Å². The van der Waals surface area contributed by atoms with Gasteiger partial charge in [-0.1, -0.05) is 18.2 Å². The van der Waals surface area contributed by atoms with Crippen molar-refractivity contribution in [1.82, 2.24) is 0 Å². The van der Waals surface area contributed by atoms with Crippen LogP contribution in [0.1, 0.15) is 12.0 Å². The molecule has 0 bridgehead atoms. The zero-order valence-corrected chi connectivity index (χ0v) is 9.03. The maximum absolute atomic E-state index is 5.45. The quantitative estimate of drug-likeness (QED) is 0.824. The third-order valence-corrected chi connectivity index (χ3v) is 2.64. The van der Waals surface area contributed by atoms with Gasteiger partial charge >= 0.3 is 0 Å². The average Bonchev–Trinajstić information content (AvgIpc) is 2.29. The van der Waals surface area contributed by atoms with Crippen molar-refractivity contribution in [3.05, 3.63) is 29.8 Å². The summed E-state index contributed by atoms with van der Waals surface area (Å²) in [6.07, 6.45) is 1.25. The highest BCUT2D eigenvalue weighted by Gasteiger charge is 2.13. The van der Waals surface area contributed by atoms with Crippen LogP contribution < -0.4 is 5.32 Å². The molecule has 1 atom stereocenters. The Kier molecular flexibility index (Phi) is 3.59. The molecule has 1 aromatic rings. The number of benzene rings is 1. The number of rotatable bonds is 3. The fourth-order valence-electron chi connectivity index (χ4n) is 1.66. The summed E-state index contributed by atoms with van der Waals surface area (Å²) in [6.45, 7) is 4.20. The van der Waals surface area contributed by atoms with Gasteiger partial charge in [0.25, 0.3) is 0 Å². The van der Waals surface area contributed by atoms with Crippen molar-refractivity contribution in [2.45, 2.75) is 19.4 Å². The van der Waals surface area contributed by atoms with Gasteiger partial charge in [-0.15, -0.1) is 0 Å². The summed E-state index contributed by atoms with van der Waals surface area (Å²) >= 11 is 0. The van der Waals surface area contributed by atoms with Crippen molar-refractivity contribution in [1.29, 1.82) is 0 Å². The van der Waals surface area contributed by atoms with Crippen LogP contribution in [-0.4, -0.2) is 26.0 Å². The smallest absolute Gasteiger partial charge is 0.147 e. The molecule has 1 saturated heterocycles. The Hall–Kier alpha value is -1.06. The molecule has 0 radical (unpaired) electrons. The average molecular weight is 207 g/mol. The first kappa shape index (κ1) is 10.5. The highest BCUT2D eigenvalue weighted by atomic mass is 16.7. The zero-order valence-electron chi connectivity index (χ0n) is 9.03. The van der Waals surface area contributed by atoms with E-state index in [2.05, 4.69) is 24.4 Å². The Bertz CT molecular complexity index is 308. The standard InChI is InChI=1S/C12H17NO2/c1-10-4-2-3-5-12(10)13-8-11-6-7-14-9-15-11/h2-5,11,13H,6-9H2,1H3. The Morgan fingerprint density at radius 3 is 3.00 bits per heavy atom. The van der Waals surface area contributed by atoms with E-state index < -0.39 is 0 Å². The number of hydrogen-bond acceptors (Lipinski definition) is 3. The summed E-state index contributed by atoms with van der Waals surface area (Å²) in [5.41, 5.74) is 2.46. The maximum Gasteiger partial charge on any atom is 0.147 e. The van der Waals surface area contributed by atoms with E-state index in [-0.39, 0.29) is 6.10 Å². The molecule has 0 amide bonds. The third kappa shape index (κ3) is 2.94. The predicted octanol–water partition coefficient (Wildman–Crippen LogP) is 2.17. The highest BCUT2D eigenvalue weighted by molar-refractivity contribution is 5.50. The molecular formula is C12H17NO2. The molecule has 82 valence electrons. The summed E-state index contributed by atoms with van der Waals surface area (Å²) in [5, 5.41) is 3.40. The molecule has 15 heavy (non-hydrogen) atoms. The highest BCUT2D eigenvalue weighted by Crippen LogP contribution is 2.14. The molecule has 0 aromatic heterocycles. The van der Waals surface area contributed by atoms with E-state index in [9.17, 15) is 0 Å². The lowest BCUT2D eigenvalue weighted by Gasteiger charge is -2.23. The maximum atomic E-state index is 5.45. The summed E-state index contributed by atoms with van der Waals surface area (Å²) in [5.74, 6) is 0. The fourth-order valence-corrected chi connectivity index (χ4v) is 1.66. The largest absolute Gasteiger partial charge is 0.382 e. The molecule has 3 nitrogen and oxygen atoms in total. The van der Waals surface area contributed by atoms with Crippen molar-refractivity contribution in [3.63, 3.8) is 0 Å². The minimum Gasteiger partial charge on any atom is -0.382 e. The Morgan fingerprint density at radius 2 is 2.27 bits per heavy atom. The van der Waals surface area contributed by atoms with E-state index in [1.54, 1.807) is 0 Å². The molecule has 1 unspecified atom stereocenters. The van der Waals surface area contributed by atoms with Crippen molar-refractivity contribution in [3.8, 4) is 0 Å². The molecule has 1 fully saturated rings. The predicted molar refractivity (Wildman–Crippen MR) is 60.0 cm³/mol. The number of aryl methyl sites for hydroxylation is 1. The molecule has 2 rings (SSSR count). The second-order valence-electron chi connectivity index (χ2n) is 3.80. The van der Waals surface area contributed by atoms with E-state index in [4.69, 9.17) is 9.47 Å². The first-order valence-corrected chi connectivity index (χ1v) is 5.35. The van der Waals surface area contributed by atoms with E-state index in [0.29, 0.717) is 6.79 Å². The Labute approximate surface area is 90.4 Å². The van der Waals surface area contributed by atoms with Crippen molar-refractivity contribution in [2.24, 2.45) is 0 Å². The van der Waals surface area contributed by atoms with E-state index in [1.165, 1.54) is 11.3 Å². The minimum absolute atomic E-state index is 0.276. The van der Waals surface area contributed by atoms with Crippen LogP contribution in [0.25, 0.3) is 0 Å². The number of para-hydroxylation sites is 1. The summed E-state index contributed by atoms with van der Waals surface area (Å²) in [7, 11) is 0. The van der Waals surface area contributed by atoms with Gasteiger partial charge in [0.2, 0.25) is 0 Å². The van der Waals surface area contributed by atoms with Gasteiger partial charge in [0.1, 0.15) is 6.79 Å². The summed E-state index contributed by atoms with van der Waals surface area (Å²) < 4.78 is 10.6. The molecule has 1 aromatic carbocycles. The van der Waals surface area contributed by atoms with E-state index in [0.717, 1.165) is 19.6 Å². The molecule has 1 heterocycles. The van der Waals surface area contributed by atoms with Gasteiger partial charge in [-0.05, 0) is 25.0 Å². The fraction of sp³-hybridized carbons (Fsp3) is 0.500. The Balaban J connectivity index is 1.84. The summed E-state index contributed by atoms with van der Waals surface area (Å²) in [4.78, 5) is 0. The molecule has 0 saturated carbocycles. The first-order valence-electron chi connectivity index (χ1n) is 5.35. The zero-order chi connectivity index (χ0) is 10.5. The van der Waals surface area contributed by atoms with Crippen LogP contribution in [0.4, 0.5) is 5.69 Å². The van der Waals surface area contributed by atoms with Gasteiger partial charge in [0.15, 0.2) is 0 Å². The number of anilines is 1. The lowest BCUT2D eigenvalue weighted by Crippen LogP contribution is -2.30. The van der Waals surface area contributed by atoms with Crippen LogP contribution in [0, 0.1) is 6.92 Å². The van der Waals surface area contributed by atoms with Crippen LogP contribution in [0.3, 0.4) is 0 Å². The van der Waals surface area contributed by atoms with Crippen LogP contribution in [-0.2, 0) is 9.47 Å². The SMILES string of the molecule is Cc1ccccc1NCC1CCOCO1. The second-order valence-corrected chi connectivity index (χ2v) is 3.80. The van der Waals surface area contributed by atoms with E-state index in [1.807, 2.05) is 12.1 Å². The minimum atomic E-state index is 0.276. The topological polar surface area (TPSA) is 30.5 Å². The van der Waals surface area contributed by atoms with Gasteiger partial charge in [0.05, 0.1) is 12.7 Å². The van der Waals surface area contributed by atoms with Crippen LogP contribution >= 0.6 is 0 Å². The number of hydrogen-bond donors (Lipinski definition) is 1. The van der Waals surface area contributed by atoms with Crippen LogP contribution in [0.5, 0.6) is 0 Å². The van der Waals surface area contributed by atoms with Crippen LogP contribution in [0.15, 0.2) is 24.3 Å². The number of ether oxygens (including phenoxy) is 2. The monoisotopic (exact) mass is 207 g/mol. The van der Waals surface area contributed by atoms with Gasteiger partial charge in [-0.25, -0.2) is 0 Å². The Morgan fingerprint density at radius 1 is 1.40 bits per heavy atom. The van der Waals surface area contributed by atoms with Crippen molar-refractivity contribution >= 4 is 5.69 Å². The molecule has 1 aliphatic rings. The number of nitrogens with one attached hydrogen (secondary N) is 1. The van der Waals surface area contributed by atoms with Gasteiger partial charge in [-0.2, -0.15) is 0 Å². The lowest BCUT2D eigenvalue weighted by molar-refractivity contribution is -0.133. The molecule has 1 aliphatic heterocycles. The van der Waals surface area contributed by atoms with Gasteiger partial charge < -0.3 is 14.8 Å². The molecule has 1 N–H and O–H groups in total.